The number of nitrogens with zero attached hydrogens (tertiary/aromatic N) is 1. The van der Waals surface area contributed by atoms with Crippen LogP contribution in [0.4, 0.5) is 5.69 Å². The van der Waals surface area contributed by atoms with Crippen LogP contribution in [0.2, 0.25) is 0 Å². The van der Waals surface area contributed by atoms with Crippen LogP contribution in [0.3, 0.4) is 0 Å². The van der Waals surface area contributed by atoms with Crippen LogP contribution in [0, 0.1) is 0 Å². The maximum Gasteiger partial charge on any atom is 0.262 e. The zero-order valence-electron chi connectivity index (χ0n) is 14.4. The lowest BCUT2D eigenvalue weighted by molar-refractivity contribution is 0.477. The fraction of sp³-hybridized carbons (Fsp3) is 0.294. The van der Waals surface area contributed by atoms with Crippen LogP contribution in [-0.2, 0) is 32.9 Å². The number of phenolic OH excluding ortho intramolecular Hbond substituents is 1. The van der Waals surface area contributed by atoms with Gasteiger partial charge in [0.05, 0.1) is 15.5 Å². The zero-order chi connectivity index (χ0) is 19.1. The molecule has 0 unspecified atom stereocenters. The molecule has 9 heteroatoms. The van der Waals surface area contributed by atoms with E-state index in [0.717, 1.165) is 46.8 Å². The summed E-state index contributed by atoms with van der Waals surface area (Å²) in [5, 5.41) is 9.97. The molecule has 0 bridgehead atoms. The maximum absolute atomic E-state index is 12.7. The molecule has 0 heterocycles. The monoisotopic (exact) mass is 396 g/mol. The van der Waals surface area contributed by atoms with E-state index >= 15 is 0 Å². The third-order valence-corrected chi connectivity index (χ3v) is 7.55. The Morgan fingerprint density at radius 3 is 2.27 bits per heavy atom. The molecule has 26 heavy (non-hydrogen) atoms. The Labute approximate surface area is 153 Å². The molecule has 0 aliphatic heterocycles. The van der Waals surface area contributed by atoms with Crippen LogP contribution < -0.4 is 4.72 Å². The highest BCUT2D eigenvalue weighted by Crippen LogP contribution is 2.31. The summed E-state index contributed by atoms with van der Waals surface area (Å²) in [6.07, 6.45) is 2.77. The number of hydrogen-bond donors (Lipinski definition) is 2. The normalized spacial score (nSPS) is 14.4. The average Bonchev–Trinajstić information content (AvgIpc) is 3.04. The fourth-order valence-electron chi connectivity index (χ4n) is 2.89. The second-order valence-electron chi connectivity index (χ2n) is 6.36. The number of sulfonamides is 2. The van der Waals surface area contributed by atoms with Gasteiger partial charge in [-0.1, -0.05) is 6.07 Å². The largest absolute Gasteiger partial charge is 0.506 e. The van der Waals surface area contributed by atoms with Crippen LogP contribution in [-0.4, -0.2) is 40.3 Å². The highest BCUT2D eigenvalue weighted by Gasteiger charge is 2.23. The Kier molecular flexibility index (Phi) is 4.72. The zero-order valence-corrected chi connectivity index (χ0v) is 16.1. The molecular weight excluding hydrogens is 376 g/mol. The predicted octanol–water partition coefficient (Wildman–Crippen LogP) is 1.93. The van der Waals surface area contributed by atoms with E-state index in [1.165, 1.54) is 26.2 Å². The molecule has 0 fully saturated rings. The molecule has 7 nitrogen and oxygen atoms in total. The molecule has 0 aromatic heterocycles. The van der Waals surface area contributed by atoms with Crippen molar-refractivity contribution in [3.63, 3.8) is 0 Å². The van der Waals surface area contributed by atoms with Gasteiger partial charge in [0.15, 0.2) is 0 Å². The van der Waals surface area contributed by atoms with Gasteiger partial charge in [-0.05, 0) is 60.7 Å². The van der Waals surface area contributed by atoms with Gasteiger partial charge in [-0.3, -0.25) is 4.72 Å². The molecule has 2 aromatic rings. The van der Waals surface area contributed by atoms with E-state index in [4.69, 9.17) is 0 Å². The molecular formula is C17H20N2O5S2. The number of aromatic hydroxyl groups is 1. The Balaban J connectivity index is 1.97. The number of benzene rings is 2. The van der Waals surface area contributed by atoms with E-state index in [0.29, 0.717) is 0 Å². The quantitative estimate of drug-likeness (QED) is 0.752. The van der Waals surface area contributed by atoms with Gasteiger partial charge in [-0.15, -0.1) is 0 Å². The minimum Gasteiger partial charge on any atom is -0.506 e. The van der Waals surface area contributed by atoms with Crippen LogP contribution in [0.25, 0.3) is 0 Å². The van der Waals surface area contributed by atoms with Crippen molar-refractivity contribution in [3.05, 3.63) is 47.5 Å². The highest BCUT2D eigenvalue weighted by molar-refractivity contribution is 7.92. The summed E-state index contributed by atoms with van der Waals surface area (Å²) in [4.78, 5) is -0.0367. The van der Waals surface area contributed by atoms with Crippen molar-refractivity contribution in [2.24, 2.45) is 0 Å². The molecule has 2 aromatic carbocycles. The van der Waals surface area contributed by atoms with Crippen molar-refractivity contribution < 1.29 is 21.9 Å². The van der Waals surface area contributed by atoms with E-state index in [9.17, 15) is 21.9 Å². The lowest BCUT2D eigenvalue weighted by Gasteiger charge is -2.15. The molecule has 1 aliphatic carbocycles. The van der Waals surface area contributed by atoms with Crippen molar-refractivity contribution in [1.82, 2.24) is 4.31 Å². The maximum atomic E-state index is 12.7. The summed E-state index contributed by atoms with van der Waals surface area (Å²) < 4.78 is 53.1. The predicted molar refractivity (Wildman–Crippen MR) is 98.3 cm³/mol. The number of fused-ring (bicyclic) bond motifs is 1. The average molecular weight is 396 g/mol. The van der Waals surface area contributed by atoms with Gasteiger partial charge in [0.25, 0.3) is 10.0 Å². The Bertz CT molecular complexity index is 1060. The van der Waals surface area contributed by atoms with Gasteiger partial charge in [-0.2, -0.15) is 0 Å². The van der Waals surface area contributed by atoms with Crippen molar-refractivity contribution in [1.29, 1.82) is 0 Å². The van der Waals surface area contributed by atoms with Gasteiger partial charge >= 0.3 is 0 Å². The van der Waals surface area contributed by atoms with E-state index < -0.39 is 20.0 Å². The minimum absolute atomic E-state index is 0.0819. The summed E-state index contributed by atoms with van der Waals surface area (Å²) in [5.74, 6) is -0.354. The number of nitrogens with one attached hydrogen (secondary N) is 1. The van der Waals surface area contributed by atoms with Crippen LogP contribution in [0.15, 0.2) is 46.2 Å². The number of anilines is 1. The number of rotatable bonds is 5. The van der Waals surface area contributed by atoms with Gasteiger partial charge in [0.1, 0.15) is 5.75 Å². The third-order valence-electron chi connectivity index (χ3n) is 4.37. The fourth-order valence-corrected chi connectivity index (χ4v) is 4.93. The topological polar surface area (TPSA) is 104 Å². The number of aryl methyl sites for hydroxylation is 2. The summed E-state index contributed by atoms with van der Waals surface area (Å²) in [5.41, 5.74) is 1.96. The molecule has 3 rings (SSSR count). The number of phenols is 1. The van der Waals surface area contributed by atoms with E-state index in [1.807, 2.05) is 0 Å². The summed E-state index contributed by atoms with van der Waals surface area (Å²) >= 11 is 0. The van der Waals surface area contributed by atoms with Crippen molar-refractivity contribution in [2.75, 3.05) is 18.8 Å². The smallest absolute Gasteiger partial charge is 0.262 e. The molecule has 140 valence electrons. The molecule has 1 aliphatic rings. The van der Waals surface area contributed by atoms with Gasteiger partial charge in [0, 0.05) is 14.1 Å². The summed E-state index contributed by atoms with van der Waals surface area (Å²) in [7, 11) is -4.97. The summed E-state index contributed by atoms with van der Waals surface area (Å²) in [6.45, 7) is 0. The first-order chi connectivity index (χ1) is 12.1. The lowest BCUT2D eigenvalue weighted by atomic mass is 10.1. The first kappa shape index (κ1) is 18.7. The van der Waals surface area contributed by atoms with Crippen molar-refractivity contribution in [3.8, 4) is 5.75 Å². The molecule has 0 spiro atoms. The third kappa shape index (κ3) is 3.42. The molecule has 0 amide bonds. The van der Waals surface area contributed by atoms with Gasteiger partial charge < -0.3 is 5.11 Å². The Hall–Kier alpha value is -2.10. The van der Waals surface area contributed by atoms with Crippen molar-refractivity contribution in [2.45, 2.75) is 29.1 Å². The van der Waals surface area contributed by atoms with E-state index in [1.54, 1.807) is 12.1 Å². The molecule has 0 radical (unpaired) electrons. The van der Waals surface area contributed by atoms with Crippen LogP contribution in [0.1, 0.15) is 17.5 Å². The Morgan fingerprint density at radius 2 is 1.58 bits per heavy atom. The standard InChI is InChI=1S/C17H20N2O5S2/c1-19(2)26(23,24)15-8-9-17(20)16(11-15)18-25(21,22)14-7-6-12-4-3-5-13(12)10-14/h6-11,18,20H,3-5H2,1-2H3. The van der Waals surface area contributed by atoms with Gasteiger partial charge in [0.2, 0.25) is 10.0 Å². The molecule has 2 N–H and O–H groups in total. The van der Waals surface area contributed by atoms with Crippen LogP contribution in [0.5, 0.6) is 5.75 Å². The molecule has 0 saturated carbocycles. The SMILES string of the molecule is CN(C)S(=O)(=O)c1ccc(O)c(NS(=O)(=O)c2ccc3c(c2)CCC3)c1. The highest BCUT2D eigenvalue weighted by atomic mass is 32.2. The Morgan fingerprint density at radius 1 is 0.923 bits per heavy atom. The first-order valence-electron chi connectivity index (χ1n) is 8.01. The van der Waals surface area contributed by atoms with Crippen LogP contribution >= 0.6 is 0 Å². The lowest BCUT2D eigenvalue weighted by Crippen LogP contribution is -2.22. The van der Waals surface area contributed by atoms with Crippen molar-refractivity contribution >= 4 is 25.7 Å². The number of hydrogen-bond acceptors (Lipinski definition) is 5. The van der Waals surface area contributed by atoms with Gasteiger partial charge in [-0.25, -0.2) is 21.1 Å². The molecule has 0 atom stereocenters. The molecule has 0 saturated heterocycles. The second-order valence-corrected chi connectivity index (χ2v) is 10.2. The van der Waals surface area contributed by atoms with E-state index in [2.05, 4.69) is 4.72 Å². The minimum atomic E-state index is -3.96. The van der Waals surface area contributed by atoms with E-state index in [-0.39, 0.29) is 21.2 Å². The first-order valence-corrected chi connectivity index (χ1v) is 10.9. The summed E-state index contributed by atoms with van der Waals surface area (Å²) in [6, 6.07) is 8.42. The second kappa shape index (κ2) is 6.57.